The van der Waals surface area contributed by atoms with Gasteiger partial charge in [0.25, 0.3) is 0 Å². The highest BCUT2D eigenvalue weighted by Gasteiger charge is 2.27. The standard InChI is InChI=1S/C28H33N5O3/c1-21-9-11-22(12-10-21)18-30-27(34)28(35)31-20-25(23-6-5-13-29-19-23)33-16-14-32(15-17-33)24-7-3-4-8-26(24)36-2/h3-13,19,25H,14-18,20H2,1-2H3,(H,30,34)(H,31,35)/t25-/m0/s1. The first kappa shape index (κ1) is 25.2. The van der Waals surface area contributed by atoms with Crippen LogP contribution in [0.15, 0.2) is 73.1 Å². The van der Waals surface area contributed by atoms with Crippen molar-refractivity contribution < 1.29 is 14.3 Å². The summed E-state index contributed by atoms with van der Waals surface area (Å²) in [6, 6.07) is 19.7. The van der Waals surface area contributed by atoms with Crippen molar-refractivity contribution in [3.8, 4) is 5.75 Å². The summed E-state index contributed by atoms with van der Waals surface area (Å²) >= 11 is 0. The van der Waals surface area contributed by atoms with Crippen LogP contribution in [-0.4, -0.2) is 61.5 Å². The van der Waals surface area contributed by atoms with Crippen LogP contribution in [0.2, 0.25) is 0 Å². The van der Waals surface area contributed by atoms with Crippen LogP contribution in [0.3, 0.4) is 0 Å². The summed E-state index contributed by atoms with van der Waals surface area (Å²) < 4.78 is 5.53. The molecular weight excluding hydrogens is 454 g/mol. The number of aryl methyl sites for hydroxylation is 1. The lowest BCUT2D eigenvalue weighted by Crippen LogP contribution is -2.51. The van der Waals surface area contributed by atoms with Gasteiger partial charge in [0, 0.05) is 51.7 Å². The second kappa shape index (κ2) is 12.2. The molecule has 36 heavy (non-hydrogen) atoms. The summed E-state index contributed by atoms with van der Waals surface area (Å²) in [6.45, 7) is 5.87. The first-order valence-corrected chi connectivity index (χ1v) is 12.2. The molecule has 1 aliphatic rings. The van der Waals surface area contributed by atoms with Crippen LogP contribution < -0.4 is 20.3 Å². The van der Waals surface area contributed by atoms with E-state index in [0.717, 1.165) is 54.3 Å². The largest absolute Gasteiger partial charge is 0.495 e. The van der Waals surface area contributed by atoms with Crippen LogP contribution in [-0.2, 0) is 16.1 Å². The van der Waals surface area contributed by atoms with Crippen molar-refractivity contribution in [2.75, 3.05) is 44.7 Å². The Morgan fingerprint density at radius 3 is 2.36 bits per heavy atom. The van der Waals surface area contributed by atoms with Gasteiger partial charge in [-0.25, -0.2) is 0 Å². The monoisotopic (exact) mass is 487 g/mol. The van der Waals surface area contributed by atoms with Gasteiger partial charge in [-0.05, 0) is 36.2 Å². The van der Waals surface area contributed by atoms with Gasteiger partial charge < -0.3 is 20.3 Å². The van der Waals surface area contributed by atoms with E-state index in [9.17, 15) is 9.59 Å². The molecule has 0 saturated carbocycles. The molecule has 0 unspecified atom stereocenters. The summed E-state index contributed by atoms with van der Waals surface area (Å²) in [5.74, 6) is -0.413. The number of rotatable bonds is 8. The fourth-order valence-electron chi connectivity index (χ4n) is 4.43. The van der Waals surface area contributed by atoms with E-state index in [4.69, 9.17) is 4.74 Å². The van der Waals surface area contributed by atoms with Crippen molar-refractivity contribution in [2.24, 2.45) is 0 Å². The zero-order valence-electron chi connectivity index (χ0n) is 20.8. The summed E-state index contributed by atoms with van der Waals surface area (Å²) in [5, 5.41) is 5.53. The molecule has 188 valence electrons. The number of carbonyl (C=O) groups is 2. The first-order chi connectivity index (χ1) is 17.5. The minimum absolute atomic E-state index is 0.0904. The molecule has 8 nitrogen and oxygen atoms in total. The van der Waals surface area contributed by atoms with Crippen LogP contribution in [0.1, 0.15) is 22.7 Å². The number of anilines is 1. The van der Waals surface area contributed by atoms with Gasteiger partial charge in [-0.15, -0.1) is 0 Å². The highest BCUT2D eigenvalue weighted by molar-refractivity contribution is 6.35. The van der Waals surface area contributed by atoms with Gasteiger partial charge in [-0.2, -0.15) is 0 Å². The number of para-hydroxylation sites is 2. The smallest absolute Gasteiger partial charge is 0.309 e. The fraction of sp³-hybridized carbons (Fsp3) is 0.321. The van der Waals surface area contributed by atoms with Crippen molar-refractivity contribution in [2.45, 2.75) is 19.5 Å². The average Bonchev–Trinajstić information content (AvgIpc) is 2.93. The molecule has 8 heteroatoms. The molecule has 2 aromatic carbocycles. The summed E-state index contributed by atoms with van der Waals surface area (Å²) in [6.07, 6.45) is 3.55. The Labute approximate surface area is 212 Å². The van der Waals surface area contributed by atoms with E-state index in [-0.39, 0.29) is 6.04 Å². The van der Waals surface area contributed by atoms with E-state index in [1.165, 1.54) is 0 Å². The number of ether oxygens (including phenoxy) is 1. The number of nitrogens with one attached hydrogen (secondary N) is 2. The molecule has 2 heterocycles. The van der Waals surface area contributed by atoms with Crippen LogP contribution >= 0.6 is 0 Å². The van der Waals surface area contributed by atoms with Crippen molar-refractivity contribution in [1.82, 2.24) is 20.5 Å². The summed E-state index contributed by atoms with van der Waals surface area (Å²) in [7, 11) is 1.69. The van der Waals surface area contributed by atoms with E-state index < -0.39 is 11.8 Å². The molecule has 1 aliphatic heterocycles. The molecule has 1 saturated heterocycles. The molecule has 0 aliphatic carbocycles. The van der Waals surface area contributed by atoms with E-state index in [0.29, 0.717) is 13.1 Å². The molecule has 3 aromatic rings. The van der Waals surface area contributed by atoms with Gasteiger partial charge >= 0.3 is 11.8 Å². The second-order valence-electron chi connectivity index (χ2n) is 8.88. The number of pyridine rings is 1. The van der Waals surface area contributed by atoms with E-state index in [1.54, 1.807) is 13.3 Å². The third-order valence-corrected chi connectivity index (χ3v) is 6.49. The molecule has 4 rings (SSSR count). The van der Waals surface area contributed by atoms with Gasteiger partial charge in [0.2, 0.25) is 0 Å². The first-order valence-electron chi connectivity index (χ1n) is 12.2. The Morgan fingerprint density at radius 1 is 0.944 bits per heavy atom. The van der Waals surface area contributed by atoms with Gasteiger partial charge in [0.05, 0.1) is 18.8 Å². The number of carbonyl (C=O) groups excluding carboxylic acids is 2. The maximum atomic E-state index is 12.6. The molecule has 2 N–H and O–H groups in total. The number of nitrogens with zero attached hydrogens (tertiary/aromatic N) is 3. The molecule has 2 amide bonds. The third-order valence-electron chi connectivity index (χ3n) is 6.49. The number of amides is 2. The maximum Gasteiger partial charge on any atom is 0.309 e. The van der Waals surface area contributed by atoms with Crippen molar-refractivity contribution in [3.05, 3.63) is 89.7 Å². The minimum atomic E-state index is -0.637. The summed E-state index contributed by atoms with van der Waals surface area (Å²) in [5.41, 5.74) is 4.18. The number of benzene rings is 2. The maximum absolute atomic E-state index is 12.6. The molecular formula is C28H33N5O3. The normalized spacial score (nSPS) is 14.7. The average molecular weight is 488 g/mol. The number of piperazine rings is 1. The molecule has 1 fully saturated rings. The lowest BCUT2D eigenvalue weighted by Gasteiger charge is -2.40. The van der Waals surface area contributed by atoms with Crippen LogP contribution in [0, 0.1) is 6.92 Å². The van der Waals surface area contributed by atoms with E-state index >= 15 is 0 Å². The van der Waals surface area contributed by atoms with Crippen molar-refractivity contribution >= 4 is 17.5 Å². The number of hydrogen-bond donors (Lipinski definition) is 2. The fourth-order valence-corrected chi connectivity index (χ4v) is 4.43. The topological polar surface area (TPSA) is 86.8 Å². The summed E-state index contributed by atoms with van der Waals surface area (Å²) in [4.78, 5) is 33.9. The Kier molecular flexibility index (Phi) is 8.52. The number of hydrogen-bond acceptors (Lipinski definition) is 6. The SMILES string of the molecule is COc1ccccc1N1CCN([C@@H](CNC(=O)C(=O)NCc2ccc(C)cc2)c2cccnc2)CC1. The van der Waals surface area contributed by atoms with E-state index in [2.05, 4.69) is 31.5 Å². The molecule has 0 spiro atoms. The van der Waals surface area contributed by atoms with Crippen LogP contribution in [0.5, 0.6) is 5.75 Å². The molecule has 1 aromatic heterocycles. The lowest BCUT2D eigenvalue weighted by molar-refractivity contribution is -0.139. The quantitative estimate of drug-likeness (QED) is 0.475. The van der Waals surface area contributed by atoms with Crippen molar-refractivity contribution in [1.29, 1.82) is 0 Å². The van der Waals surface area contributed by atoms with Gasteiger partial charge in [0.15, 0.2) is 0 Å². The third kappa shape index (κ3) is 6.40. The van der Waals surface area contributed by atoms with Crippen LogP contribution in [0.25, 0.3) is 0 Å². The highest BCUT2D eigenvalue weighted by atomic mass is 16.5. The Balaban J connectivity index is 1.36. The molecule has 1 atom stereocenters. The van der Waals surface area contributed by atoms with Gasteiger partial charge in [-0.3, -0.25) is 19.5 Å². The lowest BCUT2D eigenvalue weighted by atomic mass is 10.1. The van der Waals surface area contributed by atoms with Gasteiger partial charge in [-0.1, -0.05) is 48.0 Å². The van der Waals surface area contributed by atoms with E-state index in [1.807, 2.05) is 67.7 Å². The highest BCUT2D eigenvalue weighted by Crippen LogP contribution is 2.30. The number of methoxy groups -OCH3 is 1. The van der Waals surface area contributed by atoms with Crippen LogP contribution in [0.4, 0.5) is 5.69 Å². The Hall–Kier alpha value is -3.91. The Morgan fingerprint density at radius 2 is 1.67 bits per heavy atom. The minimum Gasteiger partial charge on any atom is -0.495 e. The number of aromatic nitrogens is 1. The zero-order chi connectivity index (χ0) is 25.3. The predicted octanol–water partition coefficient (Wildman–Crippen LogP) is 2.69. The van der Waals surface area contributed by atoms with Crippen molar-refractivity contribution in [3.63, 3.8) is 0 Å². The zero-order valence-corrected chi connectivity index (χ0v) is 20.8. The van der Waals surface area contributed by atoms with Gasteiger partial charge in [0.1, 0.15) is 5.75 Å². The molecule has 0 bridgehead atoms. The predicted molar refractivity (Wildman–Crippen MR) is 140 cm³/mol. The molecule has 0 radical (unpaired) electrons. The second-order valence-corrected chi connectivity index (χ2v) is 8.88. The Bertz CT molecular complexity index is 1150.